The zero-order valence-electron chi connectivity index (χ0n) is 18.0. The van der Waals surface area contributed by atoms with Gasteiger partial charge in [0.05, 0.1) is 37.1 Å². The fourth-order valence-corrected chi connectivity index (χ4v) is 4.68. The van der Waals surface area contributed by atoms with Gasteiger partial charge in [-0.3, -0.25) is 9.69 Å². The van der Waals surface area contributed by atoms with Gasteiger partial charge in [-0.25, -0.2) is 4.98 Å². The number of benzene rings is 2. The molecule has 1 aromatic heterocycles. The van der Waals surface area contributed by atoms with Crippen molar-refractivity contribution in [3.05, 3.63) is 53.6 Å². The molecule has 1 atom stereocenters. The average molecular weight is 439 g/mol. The minimum absolute atomic E-state index is 0.0344. The van der Waals surface area contributed by atoms with Crippen LogP contribution in [0.25, 0.3) is 16.3 Å². The van der Waals surface area contributed by atoms with E-state index in [0.717, 1.165) is 35.2 Å². The maximum Gasteiger partial charge on any atom is 0.252 e. The van der Waals surface area contributed by atoms with Crippen LogP contribution < -0.4 is 14.4 Å². The van der Waals surface area contributed by atoms with E-state index in [0.29, 0.717) is 23.2 Å². The van der Waals surface area contributed by atoms with E-state index in [2.05, 4.69) is 13.0 Å². The van der Waals surface area contributed by atoms with Crippen molar-refractivity contribution >= 4 is 38.7 Å². The largest absolute Gasteiger partial charge is 0.493 e. The molecule has 0 spiro atoms. The first-order valence-corrected chi connectivity index (χ1v) is 11.1. The molecule has 7 heteroatoms. The summed E-state index contributed by atoms with van der Waals surface area (Å²) in [5.41, 5.74) is 2.93. The van der Waals surface area contributed by atoms with Crippen LogP contribution in [0.5, 0.6) is 11.5 Å². The highest BCUT2D eigenvalue weighted by Crippen LogP contribution is 2.31. The second-order valence-corrected chi connectivity index (χ2v) is 8.51. The summed E-state index contributed by atoms with van der Waals surface area (Å²) >= 11 is 1.53. The van der Waals surface area contributed by atoms with Gasteiger partial charge in [0.2, 0.25) is 0 Å². The quantitative estimate of drug-likeness (QED) is 0.494. The molecule has 2 aromatic carbocycles. The van der Waals surface area contributed by atoms with Crippen molar-refractivity contribution in [2.45, 2.75) is 25.9 Å². The molecule has 0 saturated carbocycles. The minimum Gasteiger partial charge on any atom is -0.493 e. The molecule has 0 aliphatic carbocycles. The van der Waals surface area contributed by atoms with E-state index in [-0.39, 0.29) is 12.0 Å². The molecule has 0 bridgehead atoms. The molecular weight excluding hydrogens is 412 g/mol. The lowest BCUT2D eigenvalue weighted by molar-refractivity contribution is -0.114. The predicted molar refractivity (Wildman–Crippen MR) is 124 cm³/mol. The summed E-state index contributed by atoms with van der Waals surface area (Å²) in [6, 6.07) is 11.7. The highest BCUT2D eigenvalue weighted by atomic mass is 32.1. The fraction of sp³-hybridized carbons (Fsp3) is 0.333. The zero-order valence-corrected chi connectivity index (χ0v) is 18.8. The number of rotatable bonds is 7. The molecule has 1 fully saturated rings. The first kappa shape index (κ1) is 21.3. The average Bonchev–Trinajstić information content (AvgIpc) is 3.44. The second-order valence-electron chi connectivity index (χ2n) is 7.50. The lowest BCUT2D eigenvalue weighted by Gasteiger charge is -2.21. The zero-order chi connectivity index (χ0) is 21.8. The van der Waals surface area contributed by atoms with Gasteiger partial charge in [-0.15, -0.1) is 0 Å². The molecule has 2 heterocycles. The van der Waals surface area contributed by atoms with Gasteiger partial charge >= 0.3 is 0 Å². The number of anilines is 1. The molecule has 1 aliphatic rings. The Labute approximate surface area is 186 Å². The smallest absolute Gasteiger partial charge is 0.252 e. The monoisotopic (exact) mass is 438 g/mol. The number of nitrogens with zero attached hydrogens (tertiary/aromatic N) is 2. The highest BCUT2D eigenvalue weighted by molar-refractivity contribution is 7.22. The van der Waals surface area contributed by atoms with E-state index in [1.807, 2.05) is 30.3 Å². The van der Waals surface area contributed by atoms with Crippen LogP contribution in [0.1, 0.15) is 24.0 Å². The number of carbonyl (C=O) groups is 1. The Bertz CT molecular complexity index is 1100. The number of hydrogen-bond donors (Lipinski definition) is 0. The summed E-state index contributed by atoms with van der Waals surface area (Å²) in [5.74, 6) is 1.15. The van der Waals surface area contributed by atoms with Gasteiger partial charge in [-0.2, -0.15) is 0 Å². The molecule has 31 heavy (non-hydrogen) atoms. The summed E-state index contributed by atoms with van der Waals surface area (Å²) in [4.78, 5) is 19.7. The van der Waals surface area contributed by atoms with Crippen molar-refractivity contribution in [1.82, 2.24) is 4.98 Å². The number of carbonyl (C=O) groups excluding carboxylic acids is 1. The van der Waals surface area contributed by atoms with Gasteiger partial charge in [-0.1, -0.05) is 23.5 Å². The minimum atomic E-state index is -0.124. The van der Waals surface area contributed by atoms with Crippen LogP contribution in [0.4, 0.5) is 5.13 Å². The molecule has 3 aromatic rings. The van der Waals surface area contributed by atoms with Gasteiger partial charge in [-0.05, 0) is 61.2 Å². The van der Waals surface area contributed by atoms with Crippen LogP contribution in [0, 0.1) is 6.92 Å². The van der Waals surface area contributed by atoms with Crippen molar-refractivity contribution in [1.29, 1.82) is 0 Å². The summed E-state index contributed by atoms with van der Waals surface area (Å²) in [7, 11) is 3.19. The van der Waals surface area contributed by atoms with Gasteiger partial charge in [0.1, 0.15) is 0 Å². The Morgan fingerprint density at radius 2 is 2.06 bits per heavy atom. The van der Waals surface area contributed by atoms with Crippen molar-refractivity contribution in [2.24, 2.45) is 0 Å². The maximum atomic E-state index is 13.2. The molecule has 1 amide bonds. The SMILES string of the molecule is COc1ccc(/C=C/C(=O)N(CC2CCCO2)c2nc3ccc(C)cc3s2)cc1OC. The molecule has 1 unspecified atom stereocenters. The number of amides is 1. The van der Waals surface area contributed by atoms with Crippen molar-refractivity contribution in [3.63, 3.8) is 0 Å². The van der Waals surface area contributed by atoms with E-state index >= 15 is 0 Å². The Balaban J connectivity index is 1.61. The Morgan fingerprint density at radius 3 is 2.81 bits per heavy atom. The summed E-state index contributed by atoms with van der Waals surface area (Å²) < 4.78 is 17.5. The fourth-order valence-electron chi connectivity index (χ4n) is 3.60. The topological polar surface area (TPSA) is 60.9 Å². The van der Waals surface area contributed by atoms with Crippen LogP contribution in [0.15, 0.2) is 42.5 Å². The van der Waals surface area contributed by atoms with Crippen molar-refractivity contribution in [3.8, 4) is 11.5 Å². The standard InChI is InChI=1S/C24H26N2O4S/c1-16-6-9-19-22(13-16)31-24(25-19)26(15-18-5-4-12-30-18)23(27)11-8-17-7-10-20(28-2)21(14-17)29-3/h6-11,13-14,18H,4-5,12,15H2,1-3H3/b11-8+. The third kappa shape index (κ3) is 4.89. The van der Waals surface area contributed by atoms with E-state index in [1.54, 1.807) is 31.3 Å². The first-order valence-electron chi connectivity index (χ1n) is 10.3. The highest BCUT2D eigenvalue weighted by Gasteiger charge is 2.25. The number of methoxy groups -OCH3 is 2. The van der Waals surface area contributed by atoms with Gasteiger partial charge in [0.25, 0.3) is 5.91 Å². The normalized spacial score (nSPS) is 16.2. The van der Waals surface area contributed by atoms with E-state index in [9.17, 15) is 4.79 Å². The number of fused-ring (bicyclic) bond motifs is 1. The Morgan fingerprint density at radius 1 is 1.23 bits per heavy atom. The maximum absolute atomic E-state index is 13.2. The van der Waals surface area contributed by atoms with E-state index in [4.69, 9.17) is 19.2 Å². The number of thiazole rings is 1. The van der Waals surface area contributed by atoms with Gasteiger partial charge in [0.15, 0.2) is 16.6 Å². The Kier molecular flexibility index (Phi) is 6.53. The number of aryl methyl sites for hydroxylation is 1. The molecule has 0 N–H and O–H groups in total. The molecule has 1 aliphatic heterocycles. The number of aromatic nitrogens is 1. The van der Waals surface area contributed by atoms with Gasteiger partial charge in [0, 0.05) is 12.7 Å². The van der Waals surface area contributed by atoms with Crippen molar-refractivity contribution in [2.75, 3.05) is 32.3 Å². The molecule has 1 saturated heterocycles. The van der Waals surface area contributed by atoms with Crippen LogP contribution in [-0.2, 0) is 9.53 Å². The molecular formula is C24H26N2O4S. The lowest BCUT2D eigenvalue weighted by atomic mass is 10.2. The van der Waals surface area contributed by atoms with E-state index < -0.39 is 0 Å². The van der Waals surface area contributed by atoms with E-state index in [1.165, 1.54) is 16.9 Å². The number of hydrogen-bond acceptors (Lipinski definition) is 6. The summed E-state index contributed by atoms with van der Waals surface area (Å²) in [5, 5.41) is 0.693. The predicted octanol–water partition coefficient (Wildman–Crippen LogP) is 4.85. The van der Waals surface area contributed by atoms with Crippen LogP contribution in [-0.4, -0.2) is 44.4 Å². The molecule has 0 radical (unpaired) electrons. The molecule has 6 nitrogen and oxygen atoms in total. The van der Waals surface area contributed by atoms with Crippen molar-refractivity contribution < 1.29 is 19.0 Å². The molecule has 4 rings (SSSR count). The summed E-state index contributed by atoms with van der Waals surface area (Å²) in [6.07, 6.45) is 5.37. The molecule has 162 valence electrons. The van der Waals surface area contributed by atoms with Gasteiger partial charge < -0.3 is 14.2 Å². The van der Waals surface area contributed by atoms with Crippen LogP contribution >= 0.6 is 11.3 Å². The lowest BCUT2D eigenvalue weighted by Crippen LogP contribution is -2.36. The number of ether oxygens (including phenoxy) is 3. The Hall–Kier alpha value is -2.90. The summed E-state index contributed by atoms with van der Waals surface area (Å²) in [6.45, 7) is 3.29. The third-order valence-electron chi connectivity index (χ3n) is 5.27. The van der Waals surface area contributed by atoms with Crippen LogP contribution in [0.3, 0.4) is 0 Å². The third-order valence-corrected chi connectivity index (χ3v) is 6.31. The first-order chi connectivity index (χ1) is 15.1. The second kappa shape index (κ2) is 9.49. The van der Waals surface area contributed by atoms with Crippen LogP contribution in [0.2, 0.25) is 0 Å².